The lowest BCUT2D eigenvalue weighted by Gasteiger charge is -2.36. The van der Waals surface area contributed by atoms with Crippen molar-refractivity contribution in [3.63, 3.8) is 0 Å². The fraction of sp³-hybridized carbons (Fsp3) is 0.455. The van der Waals surface area contributed by atoms with Gasteiger partial charge in [0.15, 0.2) is 5.78 Å². The number of carbonyl (C=O) groups excluding carboxylic acids is 3. The zero-order chi connectivity index (χ0) is 20.6. The van der Waals surface area contributed by atoms with Crippen molar-refractivity contribution in [1.82, 2.24) is 14.8 Å². The maximum atomic E-state index is 13.1. The van der Waals surface area contributed by atoms with Gasteiger partial charge in [-0.3, -0.25) is 14.5 Å². The minimum absolute atomic E-state index is 0.0562. The Morgan fingerprint density at radius 3 is 2.86 bits per heavy atom. The topological polar surface area (TPSA) is 95.2 Å². The van der Waals surface area contributed by atoms with Crippen molar-refractivity contribution in [2.75, 3.05) is 6.54 Å². The first-order valence-corrected chi connectivity index (χ1v) is 10.1. The fourth-order valence-electron chi connectivity index (χ4n) is 4.69. The number of aromatic nitrogens is 1. The van der Waals surface area contributed by atoms with E-state index in [1.165, 1.54) is 0 Å². The quantitative estimate of drug-likeness (QED) is 0.624. The molecule has 1 spiro atoms. The molecule has 0 bridgehead atoms. The number of imide groups is 1. The molecule has 7 heteroatoms. The Balaban J connectivity index is 1.61. The van der Waals surface area contributed by atoms with Gasteiger partial charge in [0.05, 0.1) is 19.0 Å². The average Bonchev–Trinajstić information content (AvgIpc) is 3.20. The molecule has 7 nitrogen and oxygen atoms in total. The van der Waals surface area contributed by atoms with E-state index in [9.17, 15) is 14.4 Å². The summed E-state index contributed by atoms with van der Waals surface area (Å²) >= 11 is 0. The largest absolute Gasteiger partial charge is 0.346 e. The molecule has 1 aromatic carbocycles. The number of hydrogen-bond donors (Lipinski definition) is 1. The van der Waals surface area contributed by atoms with Gasteiger partial charge >= 0.3 is 6.03 Å². The van der Waals surface area contributed by atoms with E-state index in [-0.39, 0.29) is 24.2 Å². The summed E-state index contributed by atoms with van der Waals surface area (Å²) in [5.41, 5.74) is 0.466. The summed E-state index contributed by atoms with van der Waals surface area (Å²) in [5, 5.41) is 12.5. The molecule has 1 saturated heterocycles. The molecule has 4 rings (SSSR count). The second kappa shape index (κ2) is 7.36. The highest BCUT2D eigenvalue weighted by Gasteiger charge is 2.55. The smallest absolute Gasteiger partial charge is 0.325 e. The molecule has 3 amide bonds. The molecule has 1 aromatic heterocycles. The lowest BCUT2D eigenvalue weighted by atomic mass is 9.73. The Morgan fingerprint density at radius 1 is 1.31 bits per heavy atom. The summed E-state index contributed by atoms with van der Waals surface area (Å²) in [5.74, 6) is -0.502. The maximum absolute atomic E-state index is 13.1. The first-order valence-electron chi connectivity index (χ1n) is 10.1. The van der Waals surface area contributed by atoms with Crippen molar-refractivity contribution >= 4 is 28.6 Å². The molecule has 1 saturated carbocycles. The number of Topliss-reactive ketones (excluding diaryl/α,β-unsaturated/α-hetero) is 1. The second-order valence-electron chi connectivity index (χ2n) is 8.02. The van der Waals surface area contributed by atoms with Gasteiger partial charge in [-0.05, 0) is 24.8 Å². The number of rotatable bonds is 5. The minimum Gasteiger partial charge on any atom is -0.346 e. The van der Waals surface area contributed by atoms with Gasteiger partial charge in [-0.2, -0.15) is 5.26 Å². The third kappa shape index (κ3) is 3.09. The number of para-hydroxylation sites is 1. The number of carbonyl (C=O) groups is 3. The van der Waals surface area contributed by atoms with Crippen molar-refractivity contribution in [2.45, 2.75) is 51.1 Å². The fourth-order valence-corrected chi connectivity index (χ4v) is 4.69. The molecule has 150 valence electrons. The predicted octanol–water partition coefficient (Wildman–Crippen LogP) is 3.24. The Kier molecular flexibility index (Phi) is 4.87. The van der Waals surface area contributed by atoms with E-state index in [0.717, 1.165) is 35.1 Å². The van der Waals surface area contributed by atoms with E-state index in [0.29, 0.717) is 24.9 Å². The highest BCUT2D eigenvalue weighted by Crippen LogP contribution is 2.38. The molecular weight excluding hydrogens is 368 g/mol. The van der Waals surface area contributed by atoms with Crippen LogP contribution in [0, 0.1) is 17.2 Å². The number of urea groups is 1. The summed E-state index contributed by atoms with van der Waals surface area (Å²) in [4.78, 5) is 39.9. The number of hydrogen-bond acceptors (Lipinski definition) is 4. The number of nitriles is 1. The normalized spacial score (nSPS) is 24.1. The van der Waals surface area contributed by atoms with Gasteiger partial charge in [-0.15, -0.1) is 0 Å². The maximum Gasteiger partial charge on any atom is 0.325 e. The standard InChI is InChI=1S/C22H24N4O3/c1-15-7-4-5-10-22(15)20(28)26(21(29)24-22)14-19(27)17-13-25(12-6-11-23)18-9-3-2-8-16(17)18/h2-3,8-9,13,15H,4-7,10,12,14H2,1H3,(H,24,29)/t15-,22-/m0/s1. The van der Waals surface area contributed by atoms with Crippen LogP contribution in [-0.2, 0) is 11.3 Å². The highest BCUT2D eigenvalue weighted by atomic mass is 16.2. The predicted molar refractivity (Wildman–Crippen MR) is 107 cm³/mol. The average molecular weight is 392 g/mol. The number of amides is 3. The lowest BCUT2D eigenvalue weighted by molar-refractivity contribution is -0.133. The molecule has 2 heterocycles. The molecule has 0 radical (unpaired) electrons. The molecule has 2 fully saturated rings. The number of nitrogens with zero attached hydrogens (tertiary/aromatic N) is 3. The number of benzene rings is 1. The van der Waals surface area contributed by atoms with Crippen LogP contribution in [0.25, 0.3) is 10.9 Å². The van der Waals surface area contributed by atoms with E-state index in [1.54, 1.807) is 6.20 Å². The highest BCUT2D eigenvalue weighted by molar-refractivity contribution is 6.14. The van der Waals surface area contributed by atoms with Gasteiger partial charge in [0, 0.05) is 29.2 Å². The summed E-state index contributed by atoms with van der Waals surface area (Å²) in [6, 6.07) is 9.11. The van der Waals surface area contributed by atoms with Crippen LogP contribution in [0.5, 0.6) is 0 Å². The van der Waals surface area contributed by atoms with Crippen molar-refractivity contribution in [1.29, 1.82) is 5.26 Å². The molecule has 29 heavy (non-hydrogen) atoms. The van der Waals surface area contributed by atoms with E-state index < -0.39 is 11.6 Å². The zero-order valence-electron chi connectivity index (χ0n) is 16.5. The Labute approximate surface area is 169 Å². The van der Waals surface area contributed by atoms with E-state index >= 15 is 0 Å². The van der Waals surface area contributed by atoms with Crippen LogP contribution in [0.3, 0.4) is 0 Å². The Bertz CT molecular complexity index is 1030. The van der Waals surface area contributed by atoms with Crippen LogP contribution in [0.1, 0.15) is 49.4 Å². The van der Waals surface area contributed by atoms with E-state index in [1.807, 2.05) is 35.8 Å². The molecule has 2 aromatic rings. The van der Waals surface area contributed by atoms with Gasteiger partial charge in [0.2, 0.25) is 0 Å². The Hall–Kier alpha value is -3.14. The zero-order valence-corrected chi connectivity index (χ0v) is 16.5. The molecule has 2 aliphatic rings. The molecule has 1 aliphatic heterocycles. The first-order chi connectivity index (χ1) is 14.0. The van der Waals surface area contributed by atoms with Crippen LogP contribution >= 0.6 is 0 Å². The van der Waals surface area contributed by atoms with Gasteiger partial charge < -0.3 is 9.88 Å². The van der Waals surface area contributed by atoms with E-state index in [2.05, 4.69) is 11.4 Å². The second-order valence-corrected chi connectivity index (χ2v) is 8.02. The summed E-state index contributed by atoms with van der Waals surface area (Å²) in [6.45, 7) is 2.20. The van der Waals surface area contributed by atoms with Crippen LogP contribution < -0.4 is 5.32 Å². The lowest BCUT2D eigenvalue weighted by Crippen LogP contribution is -2.54. The molecular formula is C22H24N4O3. The van der Waals surface area contributed by atoms with Crippen molar-refractivity contribution < 1.29 is 14.4 Å². The van der Waals surface area contributed by atoms with Gasteiger partial charge in [-0.1, -0.05) is 38.0 Å². The third-order valence-corrected chi connectivity index (χ3v) is 6.36. The summed E-state index contributed by atoms with van der Waals surface area (Å²) in [6.07, 6.45) is 5.51. The number of nitrogens with one attached hydrogen (secondary N) is 1. The SMILES string of the molecule is C[C@H]1CCCC[C@]12NC(=O)N(CC(=O)c1cn(CCC#N)c3ccccc13)C2=O. The summed E-state index contributed by atoms with van der Waals surface area (Å²) in [7, 11) is 0. The van der Waals surface area contributed by atoms with Gasteiger partial charge in [0.1, 0.15) is 5.54 Å². The molecule has 1 N–H and O–H groups in total. The van der Waals surface area contributed by atoms with Crippen molar-refractivity contribution in [2.24, 2.45) is 5.92 Å². The Morgan fingerprint density at radius 2 is 2.10 bits per heavy atom. The number of aryl methyl sites for hydroxylation is 1. The summed E-state index contributed by atoms with van der Waals surface area (Å²) < 4.78 is 1.88. The number of ketones is 1. The van der Waals surface area contributed by atoms with Gasteiger partial charge in [0.25, 0.3) is 5.91 Å². The van der Waals surface area contributed by atoms with Crippen LogP contribution in [-0.4, -0.2) is 39.3 Å². The van der Waals surface area contributed by atoms with Crippen LogP contribution in [0.4, 0.5) is 4.79 Å². The number of fused-ring (bicyclic) bond motifs is 1. The first kappa shape index (κ1) is 19.2. The molecule has 2 atom stereocenters. The molecule has 0 unspecified atom stereocenters. The van der Waals surface area contributed by atoms with Crippen LogP contribution in [0.15, 0.2) is 30.5 Å². The van der Waals surface area contributed by atoms with E-state index in [4.69, 9.17) is 5.26 Å². The van der Waals surface area contributed by atoms with Crippen LogP contribution in [0.2, 0.25) is 0 Å². The van der Waals surface area contributed by atoms with Crippen molar-refractivity contribution in [3.05, 3.63) is 36.0 Å². The third-order valence-electron chi connectivity index (χ3n) is 6.36. The van der Waals surface area contributed by atoms with Gasteiger partial charge in [-0.25, -0.2) is 4.79 Å². The monoisotopic (exact) mass is 392 g/mol. The molecule has 1 aliphatic carbocycles. The van der Waals surface area contributed by atoms with Crippen molar-refractivity contribution in [3.8, 4) is 6.07 Å². The minimum atomic E-state index is -0.865.